The minimum Gasteiger partial charge on any atom is -0.373 e. The lowest BCUT2D eigenvalue weighted by atomic mass is 10.2. The van der Waals surface area contributed by atoms with Crippen LogP contribution in [0.15, 0.2) is 42.7 Å². The normalized spacial score (nSPS) is 10.9. The maximum absolute atomic E-state index is 5.90. The van der Waals surface area contributed by atoms with E-state index in [0.717, 1.165) is 17.9 Å². The first-order valence-electron chi connectivity index (χ1n) is 6.51. The van der Waals surface area contributed by atoms with E-state index < -0.39 is 0 Å². The first-order chi connectivity index (χ1) is 9.70. The minimum absolute atomic E-state index is 0.255. The molecule has 102 valence electrons. The molecule has 2 aromatic heterocycles. The van der Waals surface area contributed by atoms with Crippen LogP contribution in [-0.2, 0) is 0 Å². The highest BCUT2D eigenvalue weighted by molar-refractivity contribution is 6.28. The van der Waals surface area contributed by atoms with Gasteiger partial charge in [0.1, 0.15) is 5.82 Å². The van der Waals surface area contributed by atoms with E-state index in [0.29, 0.717) is 0 Å². The molecule has 0 amide bonds. The molecule has 0 radical (unpaired) electrons. The molecule has 4 nitrogen and oxygen atoms in total. The first-order valence-corrected chi connectivity index (χ1v) is 6.88. The standard InChI is InChI=1S/C15H15ClN4/c1-3-19(2)13-10-20(12-7-5-4-6-11(12)13)14-8-9-17-15(16)18-14/h4-10H,3H2,1-2H3. The summed E-state index contributed by atoms with van der Waals surface area (Å²) < 4.78 is 2.05. The fraction of sp³-hybridized carbons (Fsp3) is 0.200. The van der Waals surface area contributed by atoms with E-state index in [-0.39, 0.29) is 5.28 Å². The van der Waals surface area contributed by atoms with Crippen molar-refractivity contribution < 1.29 is 0 Å². The molecule has 0 saturated carbocycles. The van der Waals surface area contributed by atoms with Crippen molar-refractivity contribution in [1.29, 1.82) is 0 Å². The molecular formula is C15H15ClN4. The van der Waals surface area contributed by atoms with Crippen LogP contribution in [0.25, 0.3) is 16.7 Å². The zero-order valence-corrected chi connectivity index (χ0v) is 12.2. The van der Waals surface area contributed by atoms with Crippen molar-refractivity contribution in [2.75, 3.05) is 18.5 Å². The average Bonchev–Trinajstić information content (AvgIpc) is 2.86. The highest BCUT2D eigenvalue weighted by Gasteiger charge is 2.12. The molecule has 3 rings (SSSR count). The summed E-state index contributed by atoms with van der Waals surface area (Å²) in [6.45, 7) is 3.08. The summed E-state index contributed by atoms with van der Waals surface area (Å²) in [4.78, 5) is 10.4. The summed E-state index contributed by atoms with van der Waals surface area (Å²) in [6, 6.07) is 10.1. The predicted octanol–water partition coefficient (Wildman–Crippen LogP) is 3.53. The number of rotatable bonds is 3. The molecule has 3 aromatic rings. The van der Waals surface area contributed by atoms with Crippen molar-refractivity contribution in [1.82, 2.24) is 14.5 Å². The van der Waals surface area contributed by atoms with Gasteiger partial charge in [-0.05, 0) is 30.7 Å². The SMILES string of the molecule is CCN(C)c1cn(-c2ccnc(Cl)n2)c2ccccc12. The van der Waals surface area contributed by atoms with Gasteiger partial charge in [0.15, 0.2) is 0 Å². The Labute approximate surface area is 122 Å². The number of hydrogen-bond acceptors (Lipinski definition) is 3. The quantitative estimate of drug-likeness (QED) is 0.691. The lowest BCUT2D eigenvalue weighted by Crippen LogP contribution is -2.15. The van der Waals surface area contributed by atoms with E-state index in [1.54, 1.807) is 6.20 Å². The number of halogens is 1. The second-order valence-corrected chi connectivity index (χ2v) is 4.94. The number of aromatic nitrogens is 3. The van der Waals surface area contributed by atoms with Gasteiger partial charge in [-0.1, -0.05) is 18.2 Å². The summed E-state index contributed by atoms with van der Waals surface area (Å²) in [7, 11) is 2.08. The Balaban J connectivity index is 2.26. The van der Waals surface area contributed by atoms with Gasteiger partial charge in [-0.2, -0.15) is 4.98 Å². The van der Waals surface area contributed by atoms with E-state index in [1.807, 2.05) is 22.8 Å². The maximum Gasteiger partial charge on any atom is 0.224 e. The Hall–Kier alpha value is -2.07. The monoisotopic (exact) mass is 286 g/mol. The van der Waals surface area contributed by atoms with Crippen molar-refractivity contribution >= 4 is 28.2 Å². The van der Waals surface area contributed by atoms with Gasteiger partial charge in [-0.25, -0.2) is 4.98 Å². The van der Waals surface area contributed by atoms with Crippen LogP contribution >= 0.6 is 11.6 Å². The van der Waals surface area contributed by atoms with Crippen molar-refractivity contribution in [2.24, 2.45) is 0 Å². The van der Waals surface area contributed by atoms with Gasteiger partial charge < -0.3 is 4.90 Å². The highest BCUT2D eigenvalue weighted by atomic mass is 35.5. The summed E-state index contributed by atoms with van der Waals surface area (Å²) in [5.41, 5.74) is 2.29. The van der Waals surface area contributed by atoms with Crippen molar-refractivity contribution in [3.8, 4) is 5.82 Å². The van der Waals surface area contributed by atoms with Crippen molar-refractivity contribution in [2.45, 2.75) is 6.92 Å². The molecule has 1 aromatic carbocycles. The van der Waals surface area contributed by atoms with Crippen molar-refractivity contribution in [3.63, 3.8) is 0 Å². The topological polar surface area (TPSA) is 34.0 Å². The number of nitrogens with zero attached hydrogens (tertiary/aromatic N) is 4. The maximum atomic E-state index is 5.90. The van der Waals surface area contributed by atoms with Crippen LogP contribution in [-0.4, -0.2) is 28.1 Å². The van der Waals surface area contributed by atoms with Gasteiger partial charge in [0.05, 0.1) is 11.2 Å². The molecule has 0 spiro atoms. The van der Waals surface area contributed by atoms with Crippen molar-refractivity contribution in [3.05, 3.63) is 48.0 Å². The smallest absolute Gasteiger partial charge is 0.224 e. The number of fused-ring (bicyclic) bond motifs is 1. The summed E-state index contributed by atoms with van der Waals surface area (Å²) in [5, 5.41) is 1.46. The molecule has 0 atom stereocenters. The third kappa shape index (κ3) is 2.12. The third-order valence-electron chi connectivity index (χ3n) is 3.43. The highest BCUT2D eigenvalue weighted by Crippen LogP contribution is 2.30. The molecule has 0 saturated heterocycles. The van der Waals surface area contributed by atoms with Crippen LogP contribution in [0.4, 0.5) is 5.69 Å². The number of hydrogen-bond donors (Lipinski definition) is 0. The molecule has 0 fully saturated rings. The second-order valence-electron chi connectivity index (χ2n) is 4.60. The van der Waals surface area contributed by atoms with Crippen LogP contribution < -0.4 is 4.90 Å². The Kier molecular flexibility index (Phi) is 3.32. The van der Waals surface area contributed by atoms with E-state index in [4.69, 9.17) is 11.6 Å². The number of anilines is 1. The van der Waals surface area contributed by atoms with Gasteiger partial charge >= 0.3 is 0 Å². The van der Waals surface area contributed by atoms with Crippen LogP contribution in [0.5, 0.6) is 0 Å². The fourth-order valence-electron chi connectivity index (χ4n) is 2.29. The molecule has 0 aliphatic heterocycles. The molecule has 0 unspecified atom stereocenters. The van der Waals surface area contributed by atoms with Gasteiger partial charge in [-0.15, -0.1) is 0 Å². The Morgan fingerprint density at radius 3 is 2.80 bits per heavy atom. The van der Waals surface area contributed by atoms with E-state index in [9.17, 15) is 0 Å². The minimum atomic E-state index is 0.255. The Bertz CT molecular complexity index is 750. The molecule has 0 N–H and O–H groups in total. The zero-order valence-electron chi connectivity index (χ0n) is 11.4. The Morgan fingerprint density at radius 1 is 1.25 bits per heavy atom. The number of para-hydroxylation sites is 1. The predicted molar refractivity (Wildman–Crippen MR) is 82.8 cm³/mol. The van der Waals surface area contributed by atoms with Gasteiger partial charge in [-0.3, -0.25) is 4.57 Å². The van der Waals surface area contributed by atoms with E-state index >= 15 is 0 Å². The van der Waals surface area contributed by atoms with Crippen LogP contribution in [0.1, 0.15) is 6.92 Å². The molecule has 20 heavy (non-hydrogen) atoms. The zero-order chi connectivity index (χ0) is 14.1. The van der Waals surface area contributed by atoms with E-state index in [1.165, 1.54) is 11.1 Å². The number of benzene rings is 1. The van der Waals surface area contributed by atoms with Gasteiger partial charge in [0.25, 0.3) is 0 Å². The van der Waals surface area contributed by atoms with Crippen LogP contribution in [0.3, 0.4) is 0 Å². The largest absolute Gasteiger partial charge is 0.373 e. The molecule has 2 heterocycles. The molecular weight excluding hydrogens is 272 g/mol. The molecule has 0 aliphatic carbocycles. The third-order valence-corrected chi connectivity index (χ3v) is 3.62. The Morgan fingerprint density at radius 2 is 2.05 bits per heavy atom. The molecule has 0 aliphatic rings. The fourth-order valence-corrected chi connectivity index (χ4v) is 2.43. The molecule has 5 heteroatoms. The second kappa shape index (κ2) is 5.13. The molecule has 0 bridgehead atoms. The summed E-state index contributed by atoms with van der Waals surface area (Å²) >= 11 is 5.90. The van der Waals surface area contributed by atoms with Gasteiger partial charge in [0.2, 0.25) is 5.28 Å². The lowest BCUT2D eigenvalue weighted by Gasteiger charge is -2.14. The van der Waals surface area contributed by atoms with Crippen LogP contribution in [0.2, 0.25) is 5.28 Å². The summed E-state index contributed by atoms with van der Waals surface area (Å²) in [6.07, 6.45) is 3.76. The lowest BCUT2D eigenvalue weighted by molar-refractivity contribution is 0.958. The summed E-state index contributed by atoms with van der Waals surface area (Å²) in [5.74, 6) is 0.775. The van der Waals surface area contributed by atoms with Crippen LogP contribution in [0, 0.1) is 0 Å². The first kappa shape index (κ1) is 12.9. The van der Waals surface area contributed by atoms with E-state index in [2.05, 4.69) is 47.2 Å². The average molecular weight is 287 g/mol. The van der Waals surface area contributed by atoms with Gasteiger partial charge in [0, 0.05) is 31.4 Å².